The van der Waals surface area contributed by atoms with E-state index in [4.69, 9.17) is 11.6 Å². The van der Waals surface area contributed by atoms with Gasteiger partial charge in [0.05, 0.1) is 0 Å². The van der Waals surface area contributed by atoms with E-state index in [-0.39, 0.29) is 4.87 Å². The van der Waals surface area contributed by atoms with Gasteiger partial charge in [-0.05, 0) is 19.8 Å². The highest BCUT2D eigenvalue weighted by atomic mass is 35.5. The molecule has 0 fully saturated rings. The van der Waals surface area contributed by atoms with Crippen LogP contribution in [0.3, 0.4) is 0 Å². The van der Waals surface area contributed by atoms with Gasteiger partial charge in [-0.3, -0.25) is 4.79 Å². The molecule has 0 amide bonds. The number of carbonyl (C=O) groups excluding carboxylic acids is 1. The third-order valence-corrected chi connectivity index (χ3v) is 2.19. The van der Waals surface area contributed by atoms with E-state index in [0.717, 1.165) is 19.3 Å². The summed E-state index contributed by atoms with van der Waals surface area (Å²) in [5.41, 5.74) is 0. The van der Waals surface area contributed by atoms with E-state index in [9.17, 15) is 4.79 Å². The molecule has 1 unspecified atom stereocenters. The molecule has 0 aliphatic carbocycles. The number of hydrogen-bond acceptors (Lipinski definition) is 1. The van der Waals surface area contributed by atoms with Crippen LogP contribution in [0.25, 0.3) is 0 Å². The monoisotopic (exact) mass is 190 g/mol. The standard InChI is InChI=1S/C10H19ClO/c1-4-6-9(12)8-10(3,11)7-5-2/h4-8H2,1-3H3. The third-order valence-electron chi connectivity index (χ3n) is 1.87. The lowest BCUT2D eigenvalue weighted by Gasteiger charge is -2.19. The van der Waals surface area contributed by atoms with Crippen molar-refractivity contribution in [3.63, 3.8) is 0 Å². The molecular weight excluding hydrogens is 172 g/mol. The Bertz CT molecular complexity index is 141. The summed E-state index contributed by atoms with van der Waals surface area (Å²) in [6, 6.07) is 0. The molecule has 0 aliphatic heterocycles. The second-order valence-corrected chi connectivity index (χ2v) is 4.54. The molecule has 0 aliphatic rings. The van der Waals surface area contributed by atoms with Gasteiger partial charge in [-0.2, -0.15) is 0 Å². The molecule has 0 heterocycles. The fraction of sp³-hybridized carbons (Fsp3) is 0.900. The highest BCUT2D eigenvalue weighted by Crippen LogP contribution is 2.25. The third kappa shape index (κ3) is 5.59. The summed E-state index contributed by atoms with van der Waals surface area (Å²) in [7, 11) is 0. The number of halogens is 1. The molecule has 72 valence electrons. The molecule has 1 atom stereocenters. The second kappa shape index (κ2) is 5.58. The smallest absolute Gasteiger partial charge is 0.134 e. The minimum absolute atomic E-state index is 0.295. The molecular formula is C10H19ClO. The summed E-state index contributed by atoms with van der Waals surface area (Å²) >= 11 is 6.15. The van der Waals surface area contributed by atoms with Crippen molar-refractivity contribution in [3.8, 4) is 0 Å². The predicted octanol–water partition coefficient (Wildman–Crippen LogP) is 3.54. The van der Waals surface area contributed by atoms with E-state index in [0.29, 0.717) is 18.6 Å². The molecule has 0 rings (SSSR count). The van der Waals surface area contributed by atoms with Crippen molar-refractivity contribution < 1.29 is 4.79 Å². The van der Waals surface area contributed by atoms with Crippen LogP contribution in [-0.2, 0) is 4.79 Å². The average Bonchev–Trinajstić information content (AvgIpc) is 1.85. The Hall–Kier alpha value is -0.0400. The maximum Gasteiger partial charge on any atom is 0.134 e. The molecule has 0 aromatic rings. The fourth-order valence-corrected chi connectivity index (χ4v) is 1.73. The van der Waals surface area contributed by atoms with E-state index in [1.165, 1.54) is 0 Å². The largest absolute Gasteiger partial charge is 0.300 e. The Morgan fingerprint density at radius 2 is 1.92 bits per heavy atom. The van der Waals surface area contributed by atoms with Gasteiger partial charge in [0.15, 0.2) is 0 Å². The van der Waals surface area contributed by atoms with E-state index in [1.54, 1.807) is 0 Å². The van der Waals surface area contributed by atoms with Crippen LogP contribution in [0.2, 0.25) is 0 Å². The SMILES string of the molecule is CCCC(=O)CC(C)(Cl)CCC. The number of ketones is 1. The van der Waals surface area contributed by atoms with Gasteiger partial charge in [0.1, 0.15) is 5.78 Å². The number of alkyl halides is 1. The van der Waals surface area contributed by atoms with Crippen LogP contribution >= 0.6 is 11.6 Å². The van der Waals surface area contributed by atoms with Gasteiger partial charge in [-0.1, -0.05) is 20.3 Å². The van der Waals surface area contributed by atoms with Gasteiger partial charge >= 0.3 is 0 Å². The zero-order valence-corrected chi connectivity index (χ0v) is 9.08. The summed E-state index contributed by atoms with van der Waals surface area (Å²) in [5.74, 6) is 0.295. The first-order valence-corrected chi connectivity index (χ1v) is 5.10. The summed E-state index contributed by atoms with van der Waals surface area (Å²) in [5, 5.41) is 0. The van der Waals surface area contributed by atoms with Gasteiger partial charge in [0, 0.05) is 17.7 Å². The molecule has 2 heteroatoms. The number of Topliss-reactive ketones (excluding diaryl/α,β-unsaturated/α-hetero) is 1. The van der Waals surface area contributed by atoms with Crippen molar-refractivity contribution in [3.05, 3.63) is 0 Å². The molecule has 0 saturated heterocycles. The second-order valence-electron chi connectivity index (χ2n) is 3.63. The van der Waals surface area contributed by atoms with E-state index < -0.39 is 0 Å². The lowest BCUT2D eigenvalue weighted by atomic mass is 9.97. The van der Waals surface area contributed by atoms with Gasteiger partial charge in [-0.15, -0.1) is 11.6 Å². The quantitative estimate of drug-likeness (QED) is 0.586. The van der Waals surface area contributed by atoms with Crippen molar-refractivity contribution in [1.82, 2.24) is 0 Å². The van der Waals surface area contributed by atoms with Crippen molar-refractivity contribution >= 4 is 17.4 Å². The highest BCUT2D eigenvalue weighted by molar-refractivity contribution is 6.24. The number of hydrogen-bond donors (Lipinski definition) is 0. The molecule has 0 spiro atoms. The molecule has 12 heavy (non-hydrogen) atoms. The zero-order valence-electron chi connectivity index (χ0n) is 8.32. The van der Waals surface area contributed by atoms with Crippen LogP contribution in [-0.4, -0.2) is 10.7 Å². The lowest BCUT2D eigenvalue weighted by Crippen LogP contribution is -2.20. The fourth-order valence-electron chi connectivity index (χ4n) is 1.39. The average molecular weight is 191 g/mol. The van der Waals surface area contributed by atoms with E-state index >= 15 is 0 Å². The maximum absolute atomic E-state index is 11.2. The Morgan fingerprint density at radius 3 is 2.33 bits per heavy atom. The van der Waals surface area contributed by atoms with Crippen molar-refractivity contribution in [1.29, 1.82) is 0 Å². The van der Waals surface area contributed by atoms with E-state index in [2.05, 4.69) is 6.92 Å². The van der Waals surface area contributed by atoms with Gasteiger partial charge in [-0.25, -0.2) is 0 Å². The molecule has 0 aromatic heterocycles. The first kappa shape index (κ1) is 12.0. The molecule has 1 nitrogen and oxygen atoms in total. The van der Waals surface area contributed by atoms with Gasteiger partial charge in [0.2, 0.25) is 0 Å². The number of rotatable bonds is 6. The lowest BCUT2D eigenvalue weighted by molar-refractivity contribution is -0.119. The molecule has 0 radical (unpaired) electrons. The Kier molecular flexibility index (Phi) is 5.56. The highest BCUT2D eigenvalue weighted by Gasteiger charge is 2.22. The van der Waals surface area contributed by atoms with Crippen LogP contribution in [0.5, 0.6) is 0 Å². The zero-order chi connectivity index (χ0) is 9.61. The molecule has 0 bridgehead atoms. The molecule has 0 N–H and O–H groups in total. The topological polar surface area (TPSA) is 17.1 Å². The molecule has 0 aromatic carbocycles. The van der Waals surface area contributed by atoms with Crippen LogP contribution in [0, 0.1) is 0 Å². The predicted molar refractivity (Wildman–Crippen MR) is 53.7 cm³/mol. The van der Waals surface area contributed by atoms with Gasteiger partial charge in [0.25, 0.3) is 0 Å². The van der Waals surface area contributed by atoms with Crippen LogP contribution < -0.4 is 0 Å². The summed E-state index contributed by atoms with van der Waals surface area (Å²) in [6.45, 7) is 6.06. The minimum Gasteiger partial charge on any atom is -0.300 e. The first-order valence-electron chi connectivity index (χ1n) is 4.72. The Balaban J connectivity index is 3.79. The first-order chi connectivity index (χ1) is 5.52. The molecule has 0 saturated carbocycles. The van der Waals surface area contributed by atoms with Crippen molar-refractivity contribution in [2.45, 2.75) is 57.7 Å². The van der Waals surface area contributed by atoms with Crippen molar-refractivity contribution in [2.75, 3.05) is 0 Å². The Labute approximate surface area is 80.5 Å². The Morgan fingerprint density at radius 1 is 1.33 bits per heavy atom. The maximum atomic E-state index is 11.2. The normalized spacial score (nSPS) is 15.7. The summed E-state index contributed by atoms with van der Waals surface area (Å²) in [4.78, 5) is 10.9. The summed E-state index contributed by atoms with van der Waals surface area (Å²) in [6.07, 6.45) is 4.09. The van der Waals surface area contributed by atoms with Crippen LogP contribution in [0.1, 0.15) is 52.9 Å². The van der Waals surface area contributed by atoms with Crippen LogP contribution in [0.15, 0.2) is 0 Å². The van der Waals surface area contributed by atoms with E-state index in [1.807, 2.05) is 13.8 Å². The van der Waals surface area contributed by atoms with Crippen LogP contribution in [0.4, 0.5) is 0 Å². The van der Waals surface area contributed by atoms with Crippen molar-refractivity contribution in [2.24, 2.45) is 0 Å². The summed E-state index contributed by atoms with van der Waals surface area (Å²) < 4.78 is 0. The number of carbonyl (C=O) groups is 1. The van der Waals surface area contributed by atoms with Gasteiger partial charge < -0.3 is 0 Å². The minimum atomic E-state index is -0.305.